The van der Waals surface area contributed by atoms with Gasteiger partial charge in [-0.25, -0.2) is 4.98 Å². The molecule has 0 aliphatic heterocycles. The Hall–Kier alpha value is -1.55. The molecular formula is C16H19BrN2O. The molecule has 106 valence electrons. The van der Waals surface area contributed by atoms with Crippen LogP contribution in [0.15, 0.2) is 28.9 Å². The zero-order chi connectivity index (χ0) is 14.9. The van der Waals surface area contributed by atoms with Gasteiger partial charge in [-0.3, -0.25) is 0 Å². The van der Waals surface area contributed by atoms with Gasteiger partial charge in [0.05, 0.1) is 12.8 Å². The van der Waals surface area contributed by atoms with Crippen molar-refractivity contribution in [2.24, 2.45) is 0 Å². The van der Waals surface area contributed by atoms with Crippen LogP contribution in [0.3, 0.4) is 0 Å². The van der Waals surface area contributed by atoms with Gasteiger partial charge >= 0.3 is 0 Å². The highest BCUT2D eigenvalue weighted by Crippen LogP contribution is 2.36. The average molecular weight is 335 g/mol. The molecule has 0 saturated carbocycles. The normalized spacial score (nSPS) is 10.5. The molecule has 0 fully saturated rings. The number of benzene rings is 1. The smallest absolute Gasteiger partial charge is 0.145 e. The lowest BCUT2D eigenvalue weighted by atomic mass is 10.1. The summed E-state index contributed by atoms with van der Waals surface area (Å²) >= 11 is 3.48. The van der Waals surface area contributed by atoms with Gasteiger partial charge in [-0.15, -0.1) is 0 Å². The molecule has 4 heteroatoms. The highest BCUT2D eigenvalue weighted by Gasteiger charge is 2.14. The minimum atomic E-state index is 0.889. The van der Waals surface area contributed by atoms with Crippen LogP contribution in [0.25, 0.3) is 0 Å². The predicted molar refractivity (Wildman–Crippen MR) is 87.2 cm³/mol. The van der Waals surface area contributed by atoms with Crippen molar-refractivity contribution in [3.8, 4) is 5.75 Å². The van der Waals surface area contributed by atoms with Gasteiger partial charge < -0.3 is 9.64 Å². The summed E-state index contributed by atoms with van der Waals surface area (Å²) in [4.78, 5) is 6.53. The summed E-state index contributed by atoms with van der Waals surface area (Å²) in [6.45, 7) is 6.20. The van der Waals surface area contributed by atoms with Crippen molar-refractivity contribution in [3.05, 3.63) is 45.6 Å². The van der Waals surface area contributed by atoms with Crippen molar-refractivity contribution < 1.29 is 4.74 Å². The van der Waals surface area contributed by atoms with Crippen LogP contribution < -0.4 is 9.64 Å². The standard InChI is InChI=1S/C16H19BrN2O/c1-10-6-12(3)16(20-5)14(7-10)19(4)15-8-11(2)13(17)9-18-15/h6-9H,1-5H3. The molecule has 3 nitrogen and oxygen atoms in total. The molecule has 2 aromatic rings. The second-order valence-corrected chi connectivity index (χ2v) is 5.84. The number of methoxy groups -OCH3 is 1. The van der Waals surface area contributed by atoms with Gasteiger partial charge in [0.25, 0.3) is 0 Å². The number of hydrogen-bond donors (Lipinski definition) is 0. The Morgan fingerprint density at radius 1 is 1.10 bits per heavy atom. The second-order valence-electron chi connectivity index (χ2n) is 4.98. The number of rotatable bonds is 3. The molecule has 0 aliphatic carbocycles. The number of aromatic nitrogens is 1. The highest BCUT2D eigenvalue weighted by atomic mass is 79.9. The first-order valence-corrected chi connectivity index (χ1v) is 7.24. The lowest BCUT2D eigenvalue weighted by Gasteiger charge is -2.23. The van der Waals surface area contributed by atoms with E-state index in [-0.39, 0.29) is 0 Å². The van der Waals surface area contributed by atoms with Crippen LogP contribution in [-0.2, 0) is 0 Å². The molecular weight excluding hydrogens is 316 g/mol. The molecule has 0 atom stereocenters. The van der Waals surface area contributed by atoms with E-state index in [0.717, 1.165) is 32.9 Å². The second kappa shape index (κ2) is 5.83. The Bertz CT molecular complexity index is 641. The molecule has 1 aromatic heterocycles. The van der Waals surface area contributed by atoms with Crippen molar-refractivity contribution in [2.45, 2.75) is 20.8 Å². The van der Waals surface area contributed by atoms with Gasteiger partial charge in [0.15, 0.2) is 0 Å². The summed E-state index contributed by atoms with van der Waals surface area (Å²) in [6, 6.07) is 6.29. The largest absolute Gasteiger partial charge is 0.494 e. The number of aryl methyl sites for hydroxylation is 3. The number of halogens is 1. The summed E-state index contributed by atoms with van der Waals surface area (Å²) in [7, 11) is 3.71. The molecule has 0 unspecified atom stereocenters. The Labute approximate surface area is 128 Å². The van der Waals surface area contributed by atoms with Crippen molar-refractivity contribution in [3.63, 3.8) is 0 Å². The maximum Gasteiger partial charge on any atom is 0.145 e. The predicted octanol–water partition coefficient (Wildman–Crippen LogP) is 4.55. The molecule has 0 radical (unpaired) electrons. The van der Waals surface area contributed by atoms with E-state index in [2.05, 4.69) is 64.8 Å². The van der Waals surface area contributed by atoms with Gasteiger partial charge in [0.1, 0.15) is 11.6 Å². The molecule has 0 bridgehead atoms. The number of hydrogen-bond acceptors (Lipinski definition) is 3. The van der Waals surface area contributed by atoms with Crippen LogP contribution in [-0.4, -0.2) is 19.1 Å². The van der Waals surface area contributed by atoms with Crippen molar-refractivity contribution in [1.29, 1.82) is 0 Å². The molecule has 0 aliphatic rings. The molecule has 0 amide bonds. The maximum absolute atomic E-state index is 5.55. The number of nitrogens with zero attached hydrogens (tertiary/aromatic N) is 2. The summed E-state index contributed by atoms with van der Waals surface area (Å²) < 4.78 is 6.56. The summed E-state index contributed by atoms with van der Waals surface area (Å²) in [5, 5.41) is 0. The van der Waals surface area contributed by atoms with Gasteiger partial charge in [-0.2, -0.15) is 0 Å². The van der Waals surface area contributed by atoms with Crippen LogP contribution in [0.1, 0.15) is 16.7 Å². The average Bonchev–Trinajstić information content (AvgIpc) is 2.40. The Morgan fingerprint density at radius 2 is 1.80 bits per heavy atom. The van der Waals surface area contributed by atoms with E-state index < -0.39 is 0 Å². The number of anilines is 2. The molecule has 0 N–H and O–H groups in total. The number of pyridine rings is 1. The lowest BCUT2D eigenvalue weighted by molar-refractivity contribution is 0.412. The maximum atomic E-state index is 5.55. The first-order chi connectivity index (χ1) is 9.43. The lowest BCUT2D eigenvalue weighted by Crippen LogP contribution is -2.13. The third kappa shape index (κ3) is 2.80. The van der Waals surface area contributed by atoms with Gasteiger partial charge in [-0.05, 0) is 65.5 Å². The van der Waals surface area contributed by atoms with Crippen LogP contribution in [0.4, 0.5) is 11.5 Å². The Kier molecular flexibility index (Phi) is 4.33. The molecule has 2 rings (SSSR count). The van der Waals surface area contributed by atoms with Crippen LogP contribution in [0.2, 0.25) is 0 Å². The van der Waals surface area contributed by atoms with E-state index in [4.69, 9.17) is 4.74 Å². The van der Waals surface area contributed by atoms with Crippen LogP contribution in [0, 0.1) is 20.8 Å². The van der Waals surface area contributed by atoms with Gasteiger partial charge in [-0.1, -0.05) is 6.07 Å². The Balaban J connectivity index is 2.52. The summed E-state index contributed by atoms with van der Waals surface area (Å²) in [5.74, 6) is 1.79. The van der Waals surface area contributed by atoms with Gasteiger partial charge in [0, 0.05) is 17.7 Å². The molecule has 0 saturated heterocycles. The summed E-state index contributed by atoms with van der Waals surface area (Å²) in [6.07, 6.45) is 1.83. The molecule has 1 heterocycles. The monoisotopic (exact) mass is 334 g/mol. The highest BCUT2D eigenvalue weighted by molar-refractivity contribution is 9.10. The van der Waals surface area contributed by atoms with E-state index in [0.29, 0.717) is 0 Å². The van der Waals surface area contributed by atoms with E-state index in [1.807, 2.05) is 13.2 Å². The van der Waals surface area contributed by atoms with Crippen molar-refractivity contribution >= 4 is 27.4 Å². The van der Waals surface area contributed by atoms with Gasteiger partial charge in [0.2, 0.25) is 0 Å². The van der Waals surface area contributed by atoms with Crippen LogP contribution in [0.5, 0.6) is 5.75 Å². The van der Waals surface area contributed by atoms with Crippen molar-refractivity contribution in [1.82, 2.24) is 4.98 Å². The Morgan fingerprint density at radius 3 is 2.40 bits per heavy atom. The SMILES string of the molecule is COc1c(C)cc(C)cc1N(C)c1cc(C)c(Br)cn1. The van der Waals surface area contributed by atoms with E-state index in [1.54, 1.807) is 7.11 Å². The quantitative estimate of drug-likeness (QED) is 0.823. The first-order valence-electron chi connectivity index (χ1n) is 6.45. The fourth-order valence-corrected chi connectivity index (χ4v) is 2.49. The van der Waals surface area contributed by atoms with Crippen molar-refractivity contribution in [2.75, 3.05) is 19.1 Å². The zero-order valence-electron chi connectivity index (χ0n) is 12.5. The number of ether oxygens (including phenoxy) is 1. The minimum Gasteiger partial charge on any atom is -0.494 e. The van der Waals surface area contributed by atoms with E-state index in [9.17, 15) is 0 Å². The fraction of sp³-hybridized carbons (Fsp3) is 0.312. The molecule has 0 spiro atoms. The topological polar surface area (TPSA) is 25.4 Å². The summed E-state index contributed by atoms with van der Waals surface area (Å²) in [5.41, 5.74) is 4.52. The van der Waals surface area contributed by atoms with E-state index >= 15 is 0 Å². The third-order valence-electron chi connectivity index (χ3n) is 3.34. The molecule has 1 aromatic carbocycles. The van der Waals surface area contributed by atoms with E-state index in [1.165, 1.54) is 5.56 Å². The first kappa shape index (κ1) is 14.9. The molecule has 20 heavy (non-hydrogen) atoms. The third-order valence-corrected chi connectivity index (χ3v) is 4.17. The fourth-order valence-electron chi connectivity index (χ4n) is 2.28. The van der Waals surface area contributed by atoms with Crippen LogP contribution >= 0.6 is 15.9 Å². The minimum absolute atomic E-state index is 0.889. The zero-order valence-corrected chi connectivity index (χ0v) is 14.1.